The van der Waals surface area contributed by atoms with Gasteiger partial charge in [-0.05, 0) is 51.4 Å². The largest absolute Gasteiger partial charge is 0.474 e. The zero-order valence-electron chi connectivity index (χ0n) is 16.5. The highest BCUT2D eigenvalue weighted by Crippen LogP contribution is 2.48. The Hall–Kier alpha value is -2.78. The van der Waals surface area contributed by atoms with Gasteiger partial charge in [0.15, 0.2) is 5.82 Å². The quantitative estimate of drug-likeness (QED) is 0.496. The van der Waals surface area contributed by atoms with Crippen LogP contribution in [-0.2, 0) is 25.2 Å². The minimum Gasteiger partial charge on any atom is -0.290 e. The summed E-state index contributed by atoms with van der Waals surface area (Å²) in [6.45, 7) is -0.267. The molecule has 0 radical (unpaired) electrons. The summed E-state index contributed by atoms with van der Waals surface area (Å²) in [5, 5.41) is 11.5. The molecule has 1 heterocycles. The molecule has 30 heavy (non-hydrogen) atoms. The molecule has 0 saturated heterocycles. The third kappa shape index (κ3) is 4.85. The Labute approximate surface area is 171 Å². The Morgan fingerprint density at radius 1 is 0.967 bits per heavy atom. The number of hydrogen-bond donors (Lipinski definition) is 0. The summed E-state index contributed by atoms with van der Waals surface area (Å²) in [5.74, 6) is -0.533. The summed E-state index contributed by atoms with van der Waals surface area (Å²) in [6, 6.07) is 11.4. The van der Waals surface area contributed by atoms with E-state index in [0.717, 1.165) is 0 Å². The maximum Gasteiger partial charge on any atom is 0.474 e. The van der Waals surface area contributed by atoms with Gasteiger partial charge in [-0.1, -0.05) is 24.3 Å². The van der Waals surface area contributed by atoms with E-state index in [1.54, 1.807) is 31.3 Å². The first-order chi connectivity index (χ1) is 14.4. The highest BCUT2D eigenvalue weighted by Gasteiger charge is 2.27. The van der Waals surface area contributed by atoms with E-state index in [4.69, 9.17) is 13.6 Å². The lowest BCUT2D eigenvalue weighted by Crippen LogP contribution is -2.08. The molecule has 0 aliphatic carbocycles. The molecule has 0 N–H and O–H groups in total. The number of aryl methyl sites for hydroxylation is 1. The van der Waals surface area contributed by atoms with Crippen molar-refractivity contribution in [1.82, 2.24) is 20.2 Å². The van der Waals surface area contributed by atoms with Crippen molar-refractivity contribution < 1.29 is 26.9 Å². The van der Waals surface area contributed by atoms with Gasteiger partial charge in [-0.2, -0.15) is 0 Å². The van der Waals surface area contributed by atoms with Crippen LogP contribution in [0.1, 0.15) is 17.0 Å². The Morgan fingerprint density at radius 3 is 1.87 bits per heavy atom. The number of phosphoric ester groups is 1. The first-order valence-corrected chi connectivity index (χ1v) is 10.2. The van der Waals surface area contributed by atoms with E-state index >= 15 is 0 Å². The van der Waals surface area contributed by atoms with Gasteiger partial charge in [0.2, 0.25) is 0 Å². The van der Waals surface area contributed by atoms with Crippen molar-refractivity contribution in [3.05, 3.63) is 77.1 Å². The van der Waals surface area contributed by atoms with E-state index in [0.29, 0.717) is 28.1 Å². The first-order valence-electron chi connectivity index (χ1n) is 8.70. The molecule has 3 rings (SSSR count). The lowest BCUT2D eigenvalue weighted by Gasteiger charge is -2.18. The molecule has 8 nitrogen and oxygen atoms in total. The Kier molecular flexibility index (Phi) is 6.84. The third-order valence-corrected chi connectivity index (χ3v) is 5.61. The van der Waals surface area contributed by atoms with Crippen LogP contribution in [0.15, 0.2) is 48.5 Å². The molecule has 0 amide bonds. The monoisotopic (exact) mass is 436 g/mol. The number of nitrogens with zero attached hydrogens (tertiary/aromatic N) is 4. The Morgan fingerprint density at radius 2 is 1.47 bits per heavy atom. The number of rotatable bonds is 8. The van der Waals surface area contributed by atoms with Gasteiger partial charge in [-0.3, -0.25) is 13.6 Å². The Balaban J connectivity index is 2.24. The molecular weight excluding hydrogens is 417 g/mol. The van der Waals surface area contributed by atoms with Gasteiger partial charge in [-0.15, -0.1) is 5.10 Å². The second-order valence-corrected chi connectivity index (χ2v) is 7.96. The molecule has 0 aliphatic rings. The molecule has 0 aliphatic heterocycles. The molecule has 3 aromatic rings. The van der Waals surface area contributed by atoms with Gasteiger partial charge in [0, 0.05) is 26.8 Å². The van der Waals surface area contributed by atoms with Gasteiger partial charge in [0.25, 0.3) is 0 Å². The highest BCUT2D eigenvalue weighted by atomic mass is 31.2. The molecule has 0 saturated carbocycles. The van der Waals surface area contributed by atoms with Crippen molar-refractivity contribution in [3.63, 3.8) is 0 Å². The van der Waals surface area contributed by atoms with Crippen molar-refractivity contribution in [2.24, 2.45) is 7.05 Å². The van der Waals surface area contributed by atoms with Crippen molar-refractivity contribution in [2.45, 2.75) is 0 Å². The van der Waals surface area contributed by atoms with Crippen LogP contribution >= 0.6 is 7.82 Å². The summed E-state index contributed by atoms with van der Waals surface area (Å²) in [4.78, 5) is 0. The van der Waals surface area contributed by atoms with Crippen LogP contribution < -0.4 is 0 Å². The summed E-state index contributed by atoms with van der Waals surface area (Å²) in [6.07, 6.45) is 0. The lowest BCUT2D eigenvalue weighted by molar-refractivity contribution is 0.166. The van der Waals surface area contributed by atoms with Gasteiger partial charge >= 0.3 is 7.82 Å². The fraction of sp³-hybridized carbons (Fsp3) is 0.211. The average Bonchev–Trinajstić information content (AvgIpc) is 3.18. The second kappa shape index (κ2) is 9.36. The molecule has 0 bridgehead atoms. The molecule has 0 atom stereocenters. The number of hydrogen-bond acceptors (Lipinski definition) is 7. The molecule has 11 heteroatoms. The Bertz CT molecular complexity index is 1030. The van der Waals surface area contributed by atoms with E-state index in [2.05, 4.69) is 15.5 Å². The number of benzene rings is 2. The van der Waals surface area contributed by atoms with Crippen LogP contribution in [0.4, 0.5) is 8.78 Å². The fourth-order valence-electron chi connectivity index (χ4n) is 2.81. The smallest absolute Gasteiger partial charge is 0.290 e. The number of phosphoric acid groups is 1. The van der Waals surface area contributed by atoms with Crippen molar-refractivity contribution in [3.8, 4) is 0 Å². The minimum atomic E-state index is -3.82. The SMILES string of the molecule is COP(=O)(OC)OCC(=C(c1ccc(F)cc1)c1ccc(F)cc1)c1nnnn1C. The fourth-order valence-corrected chi connectivity index (χ4v) is 3.45. The topological polar surface area (TPSA) is 88.4 Å². The summed E-state index contributed by atoms with van der Waals surface area (Å²) in [7, 11) is 0.183. The van der Waals surface area contributed by atoms with E-state index < -0.39 is 19.5 Å². The highest BCUT2D eigenvalue weighted by molar-refractivity contribution is 7.48. The maximum atomic E-state index is 13.5. The van der Waals surface area contributed by atoms with Crippen LogP contribution in [0.5, 0.6) is 0 Å². The van der Waals surface area contributed by atoms with E-state index in [1.165, 1.54) is 43.2 Å². The van der Waals surface area contributed by atoms with E-state index in [1.807, 2.05) is 0 Å². The molecule has 2 aromatic carbocycles. The normalized spacial score (nSPS) is 11.5. The molecule has 1 aromatic heterocycles. The summed E-state index contributed by atoms with van der Waals surface area (Å²) < 4.78 is 56.0. The molecular formula is C19H19F2N4O4P. The van der Waals surface area contributed by atoms with Crippen molar-refractivity contribution in [1.29, 1.82) is 0 Å². The molecule has 0 spiro atoms. The van der Waals surface area contributed by atoms with Crippen LogP contribution in [-0.4, -0.2) is 41.0 Å². The zero-order valence-corrected chi connectivity index (χ0v) is 17.3. The van der Waals surface area contributed by atoms with Crippen molar-refractivity contribution in [2.75, 3.05) is 20.8 Å². The van der Waals surface area contributed by atoms with Crippen LogP contribution in [0.2, 0.25) is 0 Å². The van der Waals surface area contributed by atoms with Gasteiger partial charge in [0.05, 0.1) is 6.61 Å². The molecule has 0 fully saturated rings. The van der Waals surface area contributed by atoms with Gasteiger partial charge in [-0.25, -0.2) is 18.0 Å². The van der Waals surface area contributed by atoms with Gasteiger partial charge < -0.3 is 0 Å². The standard InChI is InChI=1S/C19H19F2N4O4P/c1-25-19(22-23-24-25)17(12-29-30(26,27-2)28-3)18(13-4-8-15(20)9-5-13)14-6-10-16(21)11-7-14/h4-11H,12H2,1-3H3. The van der Waals surface area contributed by atoms with E-state index in [-0.39, 0.29) is 6.61 Å². The van der Waals surface area contributed by atoms with Gasteiger partial charge in [0.1, 0.15) is 11.6 Å². The lowest BCUT2D eigenvalue weighted by atomic mass is 9.92. The maximum absolute atomic E-state index is 13.5. The van der Waals surface area contributed by atoms with E-state index in [9.17, 15) is 13.3 Å². The third-order valence-electron chi connectivity index (χ3n) is 4.27. The van der Waals surface area contributed by atoms with Crippen LogP contribution in [0.25, 0.3) is 11.1 Å². The van der Waals surface area contributed by atoms with Crippen LogP contribution in [0, 0.1) is 11.6 Å². The number of aromatic nitrogens is 4. The zero-order chi connectivity index (χ0) is 21.7. The molecule has 0 unspecified atom stereocenters. The minimum absolute atomic E-state index is 0.267. The predicted octanol–water partition coefficient (Wildman–Crippen LogP) is 3.86. The predicted molar refractivity (Wildman–Crippen MR) is 105 cm³/mol. The summed E-state index contributed by atoms with van der Waals surface area (Å²) in [5.41, 5.74) is 2.13. The number of halogens is 2. The van der Waals surface area contributed by atoms with Crippen LogP contribution in [0.3, 0.4) is 0 Å². The summed E-state index contributed by atoms with van der Waals surface area (Å²) >= 11 is 0. The molecule has 158 valence electrons. The number of tetrazole rings is 1. The average molecular weight is 436 g/mol. The van der Waals surface area contributed by atoms with Crippen molar-refractivity contribution >= 4 is 19.0 Å². The second-order valence-electron chi connectivity index (χ2n) is 6.08. The first kappa shape index (κ1) is 21.9.